The van der Waals surface area contributed by atoms with Crippen molar-refractivity contribution in [1.29, 1.82) is 0 Å². The van der Waals surface area contributed by atoms with Crippen LogP contribution in [0.3, 0.4) is 0 Å². The van der Waals surface area contributed by atoms with E-state index in [1.165, 1.54) is 25.7 Å². The van der Waals surface area contributed by atoms with Crippen molar-refractivity contribution in [3.8, 4) is 16.9 Å². The normalized spacial score (nSPS) is 23.0. The summed E-state index contributed by atoms with van der Waals surface area (Å²) in [4.78, 5) is 24.1. The standard InChI is InChI=1S/C25H29NO4/c1-17(23-14-18-7-8-21(23)13-18)26-24(27)15-30-25(28)16-29-22-11-9-20(10-12-22)19-5-3-2-4-6-19/h2-6,9-12,17-18,21,23H,7-8,13-16H2,1H3,(H,26,27)/t17-,18-,21-,23+/m0/s1. The predicted molar refractivity (Wildman–Crippen MR) is 115 cm³/mol. The highest BCUT2D eigenvalue weighted by molar-refractivity contribution is 5.81. The molecular weight excluding hydrogens is 378 g/mol. The summed E-state index contributed by atoms with van der Waals surface area (Å²) in [5, 5.41) is 3.00. The molecule has 5 nitrogen and oxygen atoms in total. The van der Waals surface area contributed by atoms with Gasteiger partial charge in [0.25, 0.3) is 5.91 Å². The van der Waals surface area contributed by atoms with Gasteiger partial charge < -0.3 is 14.8 Å². The summed E-state index contributed by atoms with van der Waals surface area (Å²) < 4.78 is 10.5. The SMILES string of the molecule is C[C@H](NC(=O)COC(=O)COc1ccc(-c2ccccc2)cc1)[C@H]1C[C@H]2CC[C@H]1C2. The van der Waals surface area contributed by atoms with Crippen LogP contribution in [0.1, 0.15) is 32.6 Å². The molecular formula is C25H29NO4. The van der Waals surface area contributed by atoms with Crippen LogP contribution in [0.15, 0.2) is 54.6 Å². The lowest BCUT2D eigenvalue weighted by Gasteiger charge is -2.28. The molecule has 0 radical (unpaired) electrons. The minimum absolute atomic E-state index is 0.130. The van der Waals surface area contributed by atoms with Crippen LogP contribution >= 0.6 is 0 Å². The second-order valence-electron chi connectivity index (χ2n) is 8.53. The molecule has 0 heterocycles. The summed E-state index contributed by atoms with van der Waals surface area (Å²) in [5.74, 6) is 1.94. The third-order valence-corrected chi connectivity index (χ3v) is 6.51. The maximum Gasteiger partial charge on any atom is 0.344 e. The lowest BCUT2D eigenvalue weighted by molar-refractivity contribution is -0.150. The van der Waals surface area contributed by atoms with Crippen molar-refractivity contribution in [2.24, 2.45) is 17.8 Å². The first kappa shape index (κ1) is 20.5. The van der Waals surface area contributed by atoms with E-state index in [1.807, 2.05) is 54.6 Å². The molecule has 2 aromatic rings. The minimum Gasteiger partial charge on any atom is -0.482 e. The first-order valence-corrected chi connectivity index (χ1v) is 10.8. The van der Waals surface area contributed by atoms with Gasteiger partial charge >= 0.3 is 5.97 Å². The van der Waals surface area contributed by atoms with Gasteiger partial charge in [-0.15, -0.1) is 0 Å². The number of ether oxygens (including phenoxy) is 2. The molecule has 2 aliphatic carbocycles. The first-order chi connectivity index (χ1) is 14.6. The second kappa shape index (κ2) is 9.33. The zero-order valence-corrected chi connectivity index (χ0v) is 17.4. The van der Waals surface area contributed by atoms with Gasteiger partial charge in [0.15, 0.2) is 13.2 Å². The van der Waals surface area contributed by atoms with Crippen molar-refractivity contribution in [2.75, 3.05) is 13.2 Å². The fourth-order valence-corrected chi connectivity index (χ4v) is 5.01. The average Bonchev–Trinajstić information content (AvgIpc) is 3.41. The van der Waals surface area contributed by atoms with Gasteiger partial charge in [0.2, 0.25) is 0 Å². The van der Waals surface area contributed by atoms with E-state index in [9.17, 15) is 9.59 Å². The van der Waals surface area contributed by atoms with Crippen LogP contribution in [-0.4, -0.2) is 31.1 Å². The van der Waals surface area contributed by atoms with Crippen LogP contribution in [0.25, 0.3) is 11.1 Å². The third kappa shape index (κ3) is 5.02. The zero-order valence-electron chi connectivity index (χ0n) is 17.4. The molecule has 0 aromatic heterocycles. The highest BCUT2D eigenvalue weighted by Crippen LogP contribution is 2.49. The van der Waals surface area contributed by atoms with Gasteiger partial charge in [-0.1, -0.05) is 48.9 Å². The molecule has 0 unspecified atom stereocenters. The maximum absolute atomic E-state index is 12.1. The number of benzene rings is 2. The summed E-state index contributed by atoms with van der Waals surface area (Å²) in [5.41, 5.74) is 2.20. The Morgan fingerprint density at radius 2 is 1.70 bits per heavy atom. The van der Waals surface area contributed by atoms with Crippen molar-refractivity contribution in [2.45, 2.75) is 38.6 Å². The van der Waals surface area contributed by atoms with Crippen molar-refractivity contribution >= 4 is 11.9 Å². The van der Waals surface area contributed by atoms with Gasteiger partial charge in [-0.3, -0.25) is 4.79 Å². The van der Waals surface area contributed by atoms with Crippen LogP contribution in [0, 0.1) is 17.8 Å². The Bertz CT molecular complexity index is 864. The molecule has 158 valence electrons. The summed E-state index contributed by atoms with van der Waals surface area (Å²) in [6, 6.07) is 17.7. The highest BCUT2D eigenvalue weighted by Gasteiger charge is 2.42. The number of carbonyl (C=O) groups is 2. The molecule has 2 saturated carbocycles. The summed E-state index contributed by atoms with van der Waals surface area (Å²) in [6.07, 6.45) is 5.15. The lowest BCUT2D eigenvalue weighted by atomic mass is 9.84. The number of hydrogen-bond acceptors (Lipinski definition) is 4. The van der Waals surface area contributed by atoms with Crippen molar-refractivity contribution in [3.05, 3.63) is 54.6 Å². The lowest BCUT2D eigenvalue weighted by Crippen LogP contribution is -2.42. The summed E-state index contributed by atoms with van der Waals surface area (Å²) >= 11 is 0. The van der Waals surface area contributed by atoms with E-state index in [1.54, 1.807) is 0 Å². The molecule has 5 heteroatoms. The molecule has 4 atom stereocenters. The Labute approximate surface area is 177 Å². The van der Waals surface area contributed by atoms with Crippen LogP contribution in [0.5, 0.6) is 5.75 Å². The molecule has 0 spiro atoms. The Balaban J connectivity index is 1.16. The Morgan fingerprint density at radius 3 is 2.37 bits per heavy atom. The molecule has 1 N–H and O–H groups in total. The van der Waals surface area contributed by atoms with E-state index in [4.69, 9.17) is 9.47 Å². The second-order valence-corrected chi connectivity index (χ2v) is 8.53. The van der Waals surface area contributed by atoms with E-state index in [0.29, 0.717) is 11.7 Å². The highest BCUT2D eigenvalue weighted by atomic mass is 16.6. The number of carbonyl (C=O) groups excluding carboxylic acids is 2. The van der Waals surface area contributed by atoms with E-state index in [-0.39, 0.29) is 25.2 Å². The number of amides is 1. The molecule has 1 amide bonds. The largest absolute Gasteiger partial charge is 0.482 e. The summed E-state index contributed by atoms with van der Waals surface area (Å²) in [6.45, 7) is 1.58. The third-order valence-electron chi connectivity index (χ3n) is 6.51. The molecule has 2 aromatic carbocycles. The predicted octanol–water partition coefficient (Wildman–Crippen LogP) is 4.22. The molecule has 2 fully saturated rings. The monoisotopic (exact) mass is 407 g/mol. The smallest absolute Gasteiger partial charge is 0.344 e. The quantitative estimate of drug-likeness (QED) is 0.666. The maximum atomic E-state index is 12.1. The molecule has 2 aliphatic rings. The van der Waals surface area contributed by atoms with Crippen molar-refractivity contribution in [1.82, 2.24) is 5.32 Å². The minimum atomic E-state index is -0.551. The van der Waals surface area contributed by atoms with Gasteiger partial charge in [-0.25, -0.2) is 4.79 Å². The average molecular weight is 408 g/mol. The fraction of sp³-hybridized carbons (Fsp3) is 0.440. The van der Waals surface area contributed by atoms with Gasteiger partial charge in [-0.05, 0) is 67.2 Å². The number of fused-ring (bicyclic) bond motifs is 2. The van der Waals surface area contributed by atoms with Gasteiger partial charge in [-0.2, -0.15) is 0 Å². The molecule has 30 heavy (non-hydrogen) atoms. The number of rotatable bonds is 8. The van der Waals surface area contributed by atoms with E-state index >= 15 is 0 Å². The van der Waals surface area contributed by atoms with Crippen LogP contribution in [0.2, 0.25) is 0 Å². The Hall–Kier alpha value is -2.82. The van der Waals surface area contributed by atoms with Crippen LogP contribution < -0.4 is 10.1 Å². The topological polar surface area (TPSA) is 64.6 Å². The van der Waals surface area contributed by atoms with Crippen molar-refractivity contribution in [3.63, 3.8) is 0 Å². The zero-order chi connectivity index (χ0) is 20.9. The number of hydrogen-bond donors (Lipinski definition) is 1. The van der Waals surface area contributed by atoms with Gasteiger partial charge in [0.05, 0.1) is 0 Å². The van der Waals surface area contributed by atoms with E-state index in [0.717, 1.165) is 23.0 Å². The fourth-order valence-electron chi connectivity index (χ4n) is 5.01. The molecule has 0 aliphatic heterocycles. The number of esters is 1. The van der Waals surface area contributed by atoms with Crippen molar-refractivity contribution < 1.29 is 19.1 Å². The van der Waals surface area contributed by atoms with Gasteiger partial charge in [0, 0.05) is 6.04 Å². The Kier molecular flexibility index (Phi) is 6.36. The molecule has 4 rings (SSSR count). The Morgan fingerprint density at radius 1 is 0.967 bits per heavy atom. The van der Waals surface area contributed by atoms with E-state index < -0.39 is 5.97 Å². The summed E-state index contributed by atoms with van der Waals surface area (Å²) in [7, 11) is 0. The first-order valence-electron chi connectivity index (χ1n) is 10.8. The van der Waals surface area contributed by atoms with E-state index in [2.05, 4.69) is 12.2 Å². The van der Waals surface area contributed by atoms with Crippen LogP contribution in [0.4, 0.5) is 0 Å². The van der Waals surface area contributed by atoms with Crippen LogP contribution in [-0.2, 0) is 14.3 Å². The van der Waals surface area contributed by atoms with Gasteiger partial charge in [0.1, 0.15) is 5.75 Å². The molecule has 0 saturated heterocycles. The molecule has 2 bridgehead atoms. The number of nitrogens with one attached hydrogen (secondary N) is 1.